The minimum atomic E-state index is -0.329. The molecule has 0 atom stereocenters. The SMILES string of the molecule is O=C(NCc1ccc(C(=O)N2CCOCC2)cc1)c1cc(-c2ccc(F)cc2)nc2ccccc12. The summed E-state index contributed by atoms with van der Waals surface area (Å²) in [6.07, 6.45) is 0. The number of fused-ring (bicyclic) bond motifs is 1. The fraction of sp³-hybridized carbons (Fsp3) is 0.179. The van der Waals surface area contributed by atoms with Gasteiger partial charge in [0, 0.05) is 36.1 Å². The van der Waals surface area contributed by atoms with E-state index in [0.29, 0.717) is 55.2 Å². The molecule has 0 spiro atoms. The van der Waals surface area contributed by atoms with Crippen LogP contribution in [0.1, 0.15) is 26.3 Å². The van der Waals surface area contributed by atoms with E-state index in [2.05, 4.69) is 10.3 Å². The van der Waals surface area contributed by atoms with Crippen molar-refractivity contribution in [2.75, 3.05) is 26.3 Å². The zero-order valence-electron chi connectivity index (χ0n) is 19.0. The van der Waals surface area contributed by atoms with Crippen molar-refractivity contribution in [3.05, 3.63) is 101 Å². The Morgan fingerprint density at radius 1 is 0.943 bits per heavy atom. The Morgan fingerprint density at radius 2 is 1.66 bits per heavy atom. The Labute approximate surface area is 202 Å². The molecule has 1 fully saturated rings. The summed E-state index contributed by atoms with van der Waals surface area (Å²) in [6, 6.07) is 22.5. The van der Waals surface area contributed by atoms with Crippen LogP contribution in [0.3, 0.4) is 0 Å². The lowest BCUT2D eigenvalue weighted by atomic mass is 10.0. The summed E-state index contributed by atoms with van der Waals surface area (Å²) in [5.41, 5.74) is 4.01. The number of ether oxygens (including phenoxy) is 1. The smallest absolute Gasteiger partial charge is 0.254 e. The van der Waals surface area contributed by atoms with Gasteiger partial charge < -0.3 is 15.0 Å². The molecule has 2 amide bonds. The second-order valence-corrected chi connectivity index (χ2v) is 8.36. The average molecular weight is 470 g/mol. The van der Waals surface area contributed by atoms with E-state index < -0.39 is 0 Å². The molecular formula is C28H24FN3O3. The van der Waals surface area contributed by atoms with Crippen LogP contribution in [-0.4, -0.2) is 48.0 Å². The number of halogens is 1. The molecule has 0 saturated carbocycles. The fourth-order valence-corrected chi connectivity index (χ4v) is 4.12. The highest BCUT2D eigenvalue weighted by Gasteiger charge is 2.18. The maximum atomic E-state index is 13.4. The van der Waals surface area contributed by atoms with Crippen LogP contribution in [0.15, 0.2) is 78.9 Å². The number of carbonyl (C=O) groups excluding carboxylic acids is 2. The van der Waals surface area contributed by atoms with Gasteiger partial charge in [-0.05, 0) is 54.1 Å². The van der Waals surface area contributed by atoms with Crippen molar-refractivity contribution in [2.24, 2.45) is 0 Å². The van der Waals surface area contributed by atoms with Crippen molar-refractivity contribution in [1.82, 2.24) is 15.2 Å². The third-order valence-electron chi connectivity index (χ3n) is 6.05. The van der Waals surface area contributed by atoms with E-state index in [-0.39, 0.29) is 17.6 Å². The van der Waals surface area contributed by atoms with Crippen LogP contribution in [0.4, 0.5) is 4.39 Å². The molecule has 0 aliphatic carbocycles. The van der Waals surface area contributed by atoms with Gasteiger partial charge >= 0.3 is 0 Å². The third-order valence-corrected chi connectivity index (χ3v) is 6.05. The van der Waals surface area contributed by atoms with E-state index in [4.69, 9.17) is 4.74 Å². The number of rotatable bonds is 5. The van der Waals surface area contributed by atoms with Gasteiger partial charge in [0.05, 0.1) is 30.0 Å². The molecule has 7 heteroatoms. The summed E-state index contributed by atoms with van der Waals surface area (Å²) in [6.45, 7) is 2.62. The first-order chi connectivity index (χ1) is 17.1. The predicted octanol–water partition coefficient (Wildman–Crippen LogP) is 4.44. The molecule has 35 heavy (non-hydrogen) atoms. The maximum absolute atomic E-state index is 13.4. The number of amides is 2. The van der Waals surface area contributed by atoms with E-state index in [9.17, 15) is 14.0 Å². The molecule has 1 aliphatic rings. The van der Waals surface area contributed by atoms with Gasteiger partial charge in [-0.2, -0.15) is 0 Å². The third kappa shape index (κ3) is 5.05. The number of aromatic nitrogens is 1. The Kier molecular flexibility index (Phi) is 6.50. The summed E-state index contributed by atoms with van der Waals surface area (Å²) >= 11 is 0. The highest BCUT2D eigenvalue weighted by atomic mass is 19.1. The normalized spacial score (nSPS) is 13.6. The number of nitrogens with one attached hydrogen (secondary N) is 1. The van der Waals surface area contributed by atoms with Gasteiger partial charge in [-0.3, -0.25) is 9.59 Å². The number of nitrogens with zero attached hydrogens (tertiary/aromatic N) is 2. The number of carbonyl (C=O) groups is 2. The molecule has 1 saturated heterocycles. The molecular weight excluding hydrogens is 445 g/mol. The second kappa shape index (κ2) is 10.0. The summed E-state index contributed by atoms with van der Waals surface area (Å²) in [4.78, 5) is 32.2. The first kappa shape index (κ1) is 22.7. The van der Waals surface area contributed by atoms with E-state index in [0.717, 1.165) is 16.5 Å². The fourth-order valence-electron chi connectivity index (χ4n) is 4.12. The quantitative estimate of drug-likeness (QED) is 0.469. The van der Waals surface area contributed by atoms with E-state index in [1.807, 2.05) is 36.4 Å². The van der Waals surface area contributed by atoms with Gasteiger partial charge in [-0.15, -0.1) is 0 Å². The second-order valence-electron chi connectivity index (χ2n) is 8.36. The van der Waals surface area contributed by atoms with Crippen LogP contribution in [0.2, 0.25) is 0 Å². The molecule has 176 valence electrons. The van der Waals surface area contributed by atoms with Gasteiger partial charge in [-0.25, -0.2) is 9.37 Å². The Morgan fingerprint density at radius 3 is 2.40 bits per heavy atom. The molecule has 5 rings (SSSR count). The number of benzene rings is 3. The molecule has 0 unspecified atom stereocenters. The summed E-state index contributed by atoms with van der Waals surface area (Å²) in [5.74, 6) is -0.578. The van der Waals surface area contributed by atoms with Gasteiger partial charge in [0.2, 0.25) is 0 Å². The molecule has 3 aromatic carbocycles. The summed E-state index contributed by atoms with van der Waals surface area (Å²) in [5, 5.41) is 3.71. The summed E-state index contributed by atoms with van der Waals surface area (Å²) < 4.78 is 18.7. The lowest BCUT2D eigenvalue weighted by Crippen LogP contribution is -2.40. The van der Waals surface area contributed by atoms with E-state index >= 15 is 0 Å². The monoisotopic (exact) mass is 469 g/mol. The molecule has 4 aromatic rings. The van der Waals surface area contributed by atoms with Crippen LogP contribution >= 0.6 is 0 Å². The van der Waals surface area contributed by atoms with Crippen molar-refractivity contribution in [1.29, 1.82) is 0 Å². The number of pyridine rings is 1. The van der Waals surface area contributed by atoms with Crippen LogP contribution in [0.5, 0.6) is 0 Å². The van der Waals surface area contributed by atoms with Gasteiger partial charge in [0.15, 0.2) is 0 Å². The van der Waals surface area contributed by atoms with Crippen molar-refractivity contribution in [3.8, 4) is 11.3 Å². The maximum Gasteiger partial charge on any atom is 0.254 e. The van der Waals surface area contributed by atoms with Crippen LogP contribution in [0.25, 0.3) is 22.2 Å². The van der Waals surface area contributed by atoms with Gasteiger partial charge in [0.25, 0.3) is 11.8 Å². The standard InChI is InChI=1S/C28H24FN3O3/c29-22-11-9-20(10-12-22)26-17-24(23-3-1-2-4-25(23)31-26)27(33)30-18-19-5-7-21(8-6-19)28(34)32-13-15-35-16-14-32/h1-12,17H,13-16,18H2,(H,30,33). The topological polar surface area (TPSA) is 71.5 Å². The number of hydrogen-bond acceptors (Lipinski definition) is 4. The first-order valence-electron chi connectivity index (χ1n) is 11.5. The van der Waals surface area contributed by atoms with Gasteiger partial charge in [0.1, 0.15) is 5.82 Å². The molecule has 0 radical (unpaired) electrons. The number of para-hydroxylation sites is 1. The lowest BCUT2D eigenvalue weighted by molar-refractivity contribution is 0.0303. The molecule has 1 aromatic heterocycles. The lowest BCUT2D eigenvalue weighted by Gasteiger charge is -2.26. The Balaban J connectivity index is 1.33. The molecule has 1 aliphatic heterocycles. The van der Waals surface area contributed by atoms with E-state index in [1.165, 1.54) is 12.1 Å². The summed E-state index contributed by atoms with van der Waals surface area (Å²) in [7, 11) is 0. The number of hydrogen-bond donors (Lipinski definition) is 1. The molecule has 2 heterocycles. The van der Waals surface area contributed by atoms with Crippen LogP contribution in [0, 0.1) is 5.82 Å². The highest BCUT2D eigenvalue weighted by molar-refractivity contribution is 6.07. The van der Waals surface area contributed by atoms with E-state index in [1.54, 1.807) is 35.2 Å². The zero-order valence-corrected chi connectivity index (χ0v) is 19.0. The van der Waals surface area contributed by atoms with Gasteiger partial charge in [-0.1, -0.05) is 30.3 Å². The Hall–Kier alpha value is -4.10. The van der Waals surface area contributed by atoms with Crippen LogP contribution in [-0.2, 0) is 11.3 Å². The minimum Gasteiger partial charge on any atom is -0.378 e. The van der Waals surface area contributed by atoms with Crippen molar-refractivity contribution >= 4 is 22.7 Å². The minimum absolute atomic E-state index is 0.0135. The van der Waals surface area contributed by atoms with Crippen LogP contribution < -0.4 is 5.32 Å². The highest BCUT2D eigenvalue weighted by Crippen LogP contribution is 2.25. The van der Waals surface area contributed by atoms with Crippen molar-refractivity contribution in [3.63, 3.8) is 0 Å². The number of morpholine rings is 1. The molecule has 1 N–H and O–H groups in total. The van der Waals surface area contributed by atoms with Crippen molar-refractivity contribution < 1.29 is 18.7 Å². The zero-order chi connectivity index (χ0) is 24.2. The first-order valence-corrected chi connectivity index (χ1v) is 11.5. The Bertz CT molecular complexity index is 1360. The predicted molar refractivity (Wildman–Crippen MR) is 131 cm³/mol. The largest absolute Gasteiger partial charge is 0.378 e. The molecule has 6 nitrogen and oxygen atoms in total. The van der Waals surface area contributed by atoms with Crippen molar-refractivity contribution in [2.45, 2.75) is 6.54 Å². The average Bonchev–Trinajstić information content (AvgIpc) is 2.92. The molecule has 0 bridgehead atoms.